The van der Waals surface area contributed by atoms with Crippen molar-refractivity contribution in [2.75, 3.05) is 4.90 Å². The lowest BCUT2D eigenvalue weighted by molar-refractivity contribution is 0.146. The minimum Gasteiger partial charge on any atom is -0.383 e. The molecular formula is C16H20N8O. The van der Waals surface area contributed by atoms with E-state index in [9.17, 15) is 5.11 Å². The van der Waals surface area contributed by atoms with E-state index in [0.717, 1.165) is 18.7 Å². The van der Waals surface area contributed by atoms with Crippen LogP contribution in [0.2, 0.25) is 0 Å². The molecule has 2 aliphatic heterocycles. The largest absolute Gasteiger partial charge is 0.383 e. The Kier molecular flexibility index (Phi) is 2.54. The van der Waals surface area contributed by atoms with Crippen LogP contribution in [-0.4, -0.2) is 41.8 Å². The highest BCUT2D eigenvalue weighted by atomic mass is 16.3. The minimum atomic E-state index is -0.789. The van der Waals surface area contributed by atoms with Crippen LogP contribution in [0.3, 0.4) is 0 Å². The zero-order valence-corrected chi connectivity index (χ0v) is 13.8. The van der Waals surface area contributed by atoms with Crippen LogP contribution in [0.1, 0.15) is 50.3 Å². The van der Waals surface area contributed by atoms with Crippen LogP contribution in [0.4, 0.5) is 5.82 Å². The Balaban J connectivity index is 1.41. The van der Waals surface area contributed by atoms with E-state index in [1.807, 2.05) is 12.5 Å². The molecule has 0 amide bonds. The number of fused-ring (bicyclic) bond motifs is 6. The van der Waals surface area contributed by atoms with Crippen molar-refractivity contribution < 1.29 is 5.11 Å². The van der Waals surface area contributed by atoms with Crippen LogP contribution in [0.15, 0.2) is 23.8 Å². The van der Waals surface area contributed by atoms with E-state index < -0.39 is 5.60 Å². The van der Waals surface area contributed by atoms with Gasteiger partial charge >= 0.3 is 0 Å². The number of aromatic nitrogens is 5. The van der Waals surface area contributed by atoms with Crippen molar-refractivity contribution in [3.63, 3.8) is 0 Å². The van der Waals surface area contributed by atoms with Gasteiger partial charge in [0.1, 0.15) is 23.3 Å². The second kappa shape index (κ2) is 4.60. The highest BCUT2D eigenvalue weighted by molar-refractivity contribution is 5.98. The number of nitrogens with one attached hydrogen (secondary N) is 1. The highest BCUT2D eigenvalue weighted by Gasteiger charge is 2.48. The lowest BCUT2D eigenvalue weighted by Crippen LogP contribution is -2.54. The molecule has 2 fully saturated rings. The van der Waals surface area contributed by atoms with E-state index in [-0.39, 0.29) is 6.17 Å². The zero-order valence-electron chi connectivity index (χ0n) is 13.8. The number of hydrogen-bond acceptors (Lipinski definition) is 7. The average Bonchev–Trinajstić information content (AvgIpc) is 3.12. The highest BCUT2D eigenvalue weighted by Crippen LogP contribution is 2.46. The number of rotatable bonds is 1. The summed E-state index contributed by atoms with van der Waals surface area (Å²) in [6.07, 6.45) is 12.1. The number of anilines is 1. The van der Waals surface area contributed by atoms with Crippen molar-refractivity contribution >= 4 is 11.8 Å². The van der Waals surface area contributed by atoms with Gasteiger partial charge in [0, 0.05) is 12.0 Å². The molecule has 2 aliphatic carbocycles. The van der Waals surface area contributed by atoms with Gasteiger partial charge in [-0.1, -0.05) is 18.1 Å². The van der Waals surface area contributed by atoms with Crippen molar-refractivity contribution in [1.29, 1.82) is 0 Å². The molecule has 6 rings (SSSR count). The minimum absolute atomic E-state index is 0.126. The topological polar surface area (TPSA) is 96.4 Å². The van der Waals surface area contributed by atoms with Gasteiger partial charge in [0.2, 0.25) is 0 Å². The molecule has 0 spiro atoms. The van der Waals surface area contributed by atoms with Gasteiger partial charge in [0.25, 0.3) is 5.96 Å². The van der Waals surface area contributed by atoms with E-state index in [2.05, 4.69) is 35.3 Å². The molecule has 0 aromatic carbocycles. The predicted molar refractivity (Wildman–Crippen MR) is 88.6 cm³/mol. The van der Waals surface area contributed by atoms with Crippen molar-refractivity contribution in [2.45, 2.75) is 56.3 Å². The number of imidazole rings is 1. The number of hydrazone groups is 1. The van der Waals surface area contributed by atoms with Gasteiger partial charge in [0.15, 0.2) is 0 Å². The molecule has 2 N–H and O–H groups in total. The van der Waals surface area contributed by atoms with Crippen LogP contribution in [0, 0.1) is 5.92 Å². The first-order valence-electron chi connectivity index (χ1n) is 9.04. The molecule has 3 atom stereocenters. The first-order chi connectivity index (χ1) is 12.2. The van der Waals surface area contributed by atoms with E-state index in [1.165, 1.54) is 25.7 Å². The summed E-state index contributed by atoms with van der Waals surface area (Å²) in [5.74, 6) is 2.23. The van der Waals surface area contributed by atoms with Crippen LogP contribution >= 0.6 is 0 Å². The fourth-order valence-corrected chi connectivity index (χ4v) is 4.60. The summed E-state index contributed by atoms with van der Waals surface area (Å²) < 4.78 is 3.95. The lowest BCUT2D eigenvalue weighted by atomic mass is 9.80. The van der Waals surface area contributed by atoms with Gasteiger partial charge in [-0.25, -0.2) is 4.98 Å². The smallest absolute Gasteiger partial charge is 0.252 e. The second-order valence-corrected chi connectivity index (χ2v) is 7.61. The van der Waals surface area contributed by atoms with Crippen molar-refractivity contribution in [2.24, 2.45) is 11.0 Å². The zero-order chi connectivity index (χ0) is 16.6. The van der Waals surface area contributed by atoms with Crippen LogP contribution in [-0.2, 0) is 5.60 Å². The molecule has 0 radical (unpaired) electrons. The molecule has 130 valence electrons. The molecule has 0 bridgehead atoms. The summed E-state index contributed by atoms with van der Waals surface area (Å²) in [4.78, 5) is 6.57. The normalized spacial score (nSPS) is 31.6. The van der Waals surface area contributed by atoms with Crippen LogP contribution in [0.25, 0.3) is 0 Å². The lowest BCUT2D eigenvalue weighted by Gasteiger charge is -2.45. The number of aliphatic hydroxyl groups is 1. The number of hydrogen-bond donors (Lipinski definition) is 2. The third kappa shape index (κ3) is 1.81. The summed E-state index contributed by atoms with van der Waals surface area (Å²) in [6.45, 7) is 0. The van der Waals surface area contributed by atoms with Crippen molar-refractivity contribution in [3.8, 4) is 0 Å². The SMILES string of the molecule is OC1(c2cn(C3=NNC4C5CCCCC5n5cncc5N34)nn2)CC1. The van der Waals surface area contributed by atoms with Gasteiger partial charge in [-0.3, -0.25) is 10.3 Å². The molecule has 0 saturated heterocycles. The number of nitrogens with zero attached hydrogens (tertiary/aromatic N) is 7. The average molecular weight is 340 g/mol. The second-order valence-electron chi connectivity index (χ2n) is 7.61. The fourth-order valence-electron chi connectivity index (χ4n) is 4.60. The molecule has 3 unspecified atom stereocenters. The van der Waals surface area contributed by atoms with E-state index in [0.29, 0.717) is 23.6 Å². The molecule has 2 saturated carbocycles. The Labute approximate surface area is 144 Å². The van der Waals surface area contributed by atoms with Gasteiger partial charge < -0.3 is 9.67 Å². The van der Waals surface area contributed by atoms with Gasteiger partial charge in [-0.2, -0.15) is 4.68 Å². The Morgan fingerprint density at radius 3 is 3.00 bits per heavy atom. The summed E-state index contributed by atoms with van der Waals surface area (Å²) >= 11 is 0. The Hall–Kier alpha value is -2.42. The summed E-state index contributed by atoms with van der Waals surface area (Å²) in [5.41, 5.74) is 3.16. The van der Waals surface area contributed by atoms with Gasteiger partial charge in [-0.05, 0) is 25.7 Å². The standard InChI is InChI=1S/C16H20N8O/c25-16(5-6-16)12-8-23(21-18-12)15-20-19-14-10-3-1-2-4-11(10)22-9-17-7-13(22)24(14)15/h7-11,14,19,25H,1-6H2. The molecular weight excluding hydrogens is 320 g/mol. The first kappa shape index (κ1) is 13.8. The molecule has 4 aliphatic rings. The Morgan fingerprint density at radius 1 is 1.24 bits per heavy atom. The summed E-state index contributed by atoms with van der Waals surface area (Å²) in [6, 6.07) is 0.480. The molecule has 9 heteroatoms. The predicted octanol–water partition coefficient (Wildman–Crippen LogP) is 0.756. The third-order valence-corrected chi connectivity index (χ3v) is 6.13. The van der Waals surface area contributed by atoms with E-state index >= 15 is 0 Å². The van der Waals surface area contributed by atoms with Crippen LogP contribution in [0.5, 0.6) is 0 Å². The van der Waals surface area contributed by atoms with Gasteiger partial charge in [0.05, 0.1) is 18.7 Å². The van der Waals surface area contributed by atoms with Gasteiger partial charge in [-0.15, -0.1) is 10.2 Å². The summed E-state index contributed by atoms with van der Waals surface area (Å²) in [7, 11) is 0. The van der Waals surface area contributed by atoms with Crippen molar-refractivity contribution in [3.05, 3.63) is 24.4 Å². The molecule has 2 aromatic rings. The van der Waals surface area contributed by atoms with Crippen molar-refractivity contribution in [1.82, 2.24) is 30.0 Å². The maximum Gasteiger partial charge on any atom is 0.252 e. The maximum absolute atomic E-state index is 10.3. The quantitative estimate of drug-likeness (QED) is 0.795. The Morgan fingerprint density at radius 2 is 2.12 bits per heavy atom. The molecule has 25 heavy (non-hydrogen) atoms. The monoisotopic (exact) mass is 340 g/mol. The molecule has 2 aromatic heterocycles. The fraction of sp³-hybridized carbons (Fsp3) is 0.625. The van der Waals surface area contributed by atoms with Crippen LogP contribution < -0.4 is 10.3 Å². The first-order valence-corrected chi connectivity index (χ1v) is 9.04. The van der Waals surface area contributed by atoms with E-state index in [1.54, 1.807) is 10.9 Å². The molecule has 9 nitrogen and oxygen atoms in total. The maximum atomic E-state index is 10.3. The molecule has 4 heterocycles. The third-order valence-electron chi connectivity index (χ3n) is 6.13. The van der Waals surface area contributed by atoms with E-state index in [4.69, 9.17) is 0 Å². The Bertz CT molecular complexity index is 865. The summed E-state index contributed by atoms with van der Waals surface area (Å²) in [5, 5.41) is 23.2.